The van der Waals surface area contributed by atoms with E-state index in [0.717, 1.165) is 56.5 Å². The summed E-state index contributed by atoms with van der Waals surface area (Å²) in [4.78, 5) is 0. The van der Waals surface area contributed by atoms with Gasteiger partial charge in [0.15, 0.2) is 0 Å². The summed E-state index contributed by atoms with van der Waals surface area (Å²) in [7, 11) is 0. The lowest BCUT2D eigenvalue weighted by atomic mass is 9.75. The third-order valence-corrected chi connectivity index (χ3v) is 8.03. The van der Waals surface area contributed by atoms with Crippen molar-refractivity contribution in [2.45, 2.75) is 17.9 Å². The van der Waals surface area contributed by atoms with Crippen molar-refractivity contribution in [1.29, 1.82) is 0 Å². The lowest BCUT2D eigenvalue weighted by Gasteiger charge is -2.33. The molecule has 1 atom stereocenters. The normalized spacial score (nSPS) is 16.7. The largest absolute Gasteiger partial charge is 0.376 e. The molecule has 1 N–H and O–H groups in total. The van der Waals surface area contributed by atoms with Crippen molar-refractivity contribution in [3.05, 3.63) is 168 Å². The van der Waals surface area contributed by atoms with Crippen LogP contribution in [0.3, 0.4) is 0 Å². The first kappa shape index (κ1) is 22.7. The maximum absolute atomic E-state index is 13.2. The fourth-order valence-corrected chi connectivity index (χ4v) is 6.18. The van der Waals surface area contributed by atoms with E-state index in [0.29, 0.717) is 0 Å². The Bertz CT molecular complexity index is 1640. The van der Waals surface area contributed by atoms with Crippen molar-refractivity contribution in [2.75, 3.05) is 0 Å². The standard InChI is InChI=1S/C37H28O/c38-37(30-24-28(26-13-3-1-4-14-26)23-29(25-30)27-15-5-2-6-16-27)35-21-11-9-19-33(35)31-17-7-8-18-32(31)34-20-10-12-22-36(34)37/h1-15,17-25,27,38H,16H2. The highest BCUT2D eigenvalue weighted by molar-refractivity contribution is 5.91. The average Bonchev–Trinajstić information content (AvgIpc) is 3.10. The van der Waals surface area contributed by atoms with Crippen LogP contribution in [0, 0.1) is 0 Å². The lowest BCUT2D eigenvalue weighted by Crippen LogP contribution is -2.30. The van der Waals surface area contributed by atoms with Crippen molar-refractivity contribution >= 4 is 0 Å². The van der Waals surface area contributed by atoms with Crippen LogP contribution in [0.4, 0.5) is 0 Å². The van der Waals surface area contributed by atoms with Crippen LogP contribution in [0.15, 0.2) is 146 Å². The highest BCUT2D eigenvalue weighted by Crippen LogP contribution is 2.51. The summed E-state index contributed by atoms with van der Waals surface area (Å²) in [5.74, 6) is 0.263. The molecular formula is C37H28O. The van der Waals surface area contributed by atoms with Gasteiger partial charge in [0.1, 0.15) is 5.60 Å². The van der Waals surface area contributed by atoms with Gasteiger partial charge in [-0.2, -0.15) is 0 Å². The molecule has 7 rings (SSSR count). The molecule has 5 aromatic carbocycles. The Morgan fingerprint density at radius 2 is 1.13 bits per heavy atom. The molecule has 2 aliphatic rings. The van der Waals surface area contributed by atoms with E-state index in [1.54, 1.807) is 0 Å². The van der Waals surface area contributed by atoms with Crippen LogP contribution < -0.4 is 0 Å². The summed E-state index contributed by atoms with van der Waals surface area (Å²) in [6.45, 7) is 0. The molecule has 1 nitrogen and oxygen atoms in total. The molecule has 0 fully saturated rings. The topological polar surface area (TPSA) is 20.2 Å². The molecule has 0 aromatic heterocycles. The summed E-state index contributed by atoms with van der Waals surface area (Å²) >= 11 is 0. The van der Waals surface area contributed by atoms with E-state index in [2.05, 4.69) is 127 Å². The highest BCUT2D eigenvalue weighted by atomic mass is 16.3. The molecule has 2 aliphatic carbocycles. The van der Waals surface area contributed by atoms with Gasteiger partial charge in [0.05, 0.1) is 0 Å². The Morgan fingerprint density at radius 3 is 1.74 bits per heavy atom. The zero-order valence-corrected chi connectivity index (χ0v) is 21.1. The molecule has 1 unspecified atom stereocenters. The summed E-state index contributed by atoms with van der Waals surface area (Å²) < 4.78 is 0. The predicted octanol–water partition coefficient (Wildman–Crippen LogP) is 8.88. The van der Waals surface area contributed by atoms with Crippen LogP contribution >= 0.6 is 0 Å². The number of rotatable bonds is 3. The molecule has 38 heavy (non-hydrogen) atoms. The monoisotopic (exact) mass is 488 g/mol. The number of benzene rings is 5. The van der Waals surface area contributed by atoms with Gasteiger partial charge in [-0.1, -0.05) is 140 Å². The second-order valence-corrected chi connectivity index (χ2v) is 10.2. The van der Waals surface area contributed by atoms with E-state index in [-0.39, 0.29) is 5.92 Å². The number of fused-ring (bicyclic) bond motifs is 5. The third kappa shape index (κ3) is 3.59. The Morgan fingerprint density at radius 1 is 0.553 bits per heavy atom. The Hall–Kier alpha value is -4.46. The molecule has 0 heterocycles. The number of hydrogen-bond acceptors (Lipinski definition) is 1. The average molecular weight is 489 g/mol. The van der Waals surface area contributed by atoms with Crippen LogP contribution in [0.2, 0.25) is 0 Å². The molecule has 1 heteroatoms. The smallest absolute Gasteiger partial charge is 0.141 e. The van der Waals surface area contributed by atoms with Crippen LogP contribution in [0.5, 0.6) is 0 Å². The van der Waals surface area contributed by atoms with Crippen molar-refractivity contribution < 1.29 is 5.11 Å². The maximum Gasteiger partial charge on any atom is 0.141 e. The van der Waals surface area contributed by atoms with Crippen LogP contribution in [0.1, 0.15) is 34.6 Å². The van der Waals surface area contributed by atoms with Gasteiger partial charge in [-0.05, 0) is 57.0 Å². The minimum Gasteiger partial charge on any atom is -0.376 e. The molecule has 0 bridgehead atoms. The molecule has 0 amide bonds. The van der Waals surface area contributed by atoms with Gasteiger partial charge in [0.25, 0.3) is 0 Å². The van der Waals surface area contributed by atoms with Gasteiger partial charge in [-0.3, -0.25) is 0 Å². The van der Waals surface area contributed by atoms with Gasteiger partial charge < -0.3 is 5.11 Å². The highest BCUT2D eigenvalue weighted by Gasteiger charge is 2.41. The second-order valence-electron chi connectivity index (χ2n) is 10.2. The minimum atomic E-state index is -1.33. The fraction of sp³-hybridized carbons (Fsp3) is 0.0811. The quantitative estimate of drug-likeness (QED) is 0.269. The molecule has 182 valence electrons. The maximum atomic E-state index is 13.2. The molecule has 5 aromatic rings. The minimum absolute atomic E-state index is 0.263. The van der Waals surface area contributed by atoms with Crippen molar-refractivity contribution in [3.63, 3.8) is 0 Å². The number of aliphatic hydroxyl groups is 1. The SMILES string of the molecule is OC1(c2cc(-c3ccccc3)cc(C3C=CC=CC3)c2)c2ccccc2-c2ccccc2-c2ccccc21. The number of hydrogen-bond donors (Lipinski definition) is 1. The molecule has 0 aliphatic heterocycles. The zero-order chi connectivity index (χ0) is 25.5. The van der Waals surface area contributed by atoms with Gasteiger partial charge in [0, 0.05) is 17.0 Å². The molecule has 0 radical (unpaired) electrons. The molecule has 0 saturated heterocycles. The first-order valence-electron chi connectivity index (χ1n) is 13.3. The lowest BCUT2D eigenvalue weighted by molar-refractivity contribution is 0.127. The van der Waals surface area contributed by atoms with Crippen LogP contribution in [-0.2, 0) is 5.60 Å². The van der Waals surface area contributed by atoms with Gasteiger partial charge >= 0.3 is 0 Å². The summed E-state index contributed by atoms with van der Waals surface area (Å²) in [5.41, 5.74) is 9.27. The van der Waals surface area contributed by atoms with E-state index < -0.39 is 5.60 Å². The van der Waals surface area contributed by atoms with E-state index >= 15 is 0 Å². The number of allylic oxidation sites excluding steroid dienone is 4. The van der Waals surface area contributed by atoms with Crippen molar-refractivity contribution in [1.82, 2.24) is 0 Å². The van der Waals surface area contributed by atoms with Gasteiger partial charge in [-0.15, -0.1) is 0 Å². The zero-order valence-electron chi connectivity index (χ0n) is 21.1. The van der Waals surface area contributed by atoms with Crippen molar-refractivity contribution in [2.24, 2.45) is 0 Å². The second kappa shape index (κ2) is 9.13. The third-order valence-electron chi connectivity index (χ3n) is 8.03. The summed E-state index contributed by atoms with van der Waals surface area (Å²) in [6, 6.07) is 42.4. The Labute approximate surface area is 224 Å². The molecule has 0 spiro atoms. The summed E-state index contributed by atoms with van der Waals surface area (Å²) in [5, 5.41) is 13.2. The van der Waals surface area contributed by atoms with Gasteiger partial charge in [0.2, 0.25) is 0 Å². The van der Waals surface area contributed by atoms with Crippen LogP contribution in [-0.4, -0.2) is 5.11 Å². The Kier molecular flexibility index (Phi) is 5.46. The predicted molar refractivity (Wildman–Crippen MR) is 157 cm³/mol. The molecular weight excluding hydrogens is 460 g/mol. The van der Waals surface area contributed by atoms with Gasteiger partial charge in [-0.25, -0.2) is 0 Å². The Balaban J connectivity index is 1.56. The molecule has 0 saturated carbocycles. The van der Waals surface area contributed by atoms with Crippen LogP contribution in [0.25, 0.3) is 33.4 Å². The first-order chi connectivity index (χ1) is 18.7. The van der Waals surface area contributed by atoms with E-state index in [4.69, 9.17) is 0 Å². The summed E-state index contributed by atoms with van der Waals surface area (Å²) in [6.07, 6.45) is 9.68. The van der Waals surface area contributed by atoms with E-state index in [9.17, 15) is 5.11 Å². The van der Waals surface area contributed by atoms with Crippen molar-refractivity contribution in [3.8, 4) is 33.4 Å². The first-order valence-corrected chi connectivity index (χ1v) is 13.3. The fourth-order valence-electron chi connectivity index (χ4n) is 6.18. The van der Waals surface area contributed by atoms with E-state index in [1.165, 1.54) is 5.56 Å². The van der Waals surface area contributed by atoms with E-state index in [1.807, 2.05) is 18.2 Å².